The lowest BCUT2D eigenvalue weighted by atomic mass is 9.80. The molecule has 1 atom stereocenters. The Balaban J connectivity index is 0.00000220. The lowest BCUT2D eigenvalue weighted by Gasteiger charge is -2.38. The van der Waals surface area contributed by atoms with E-state index in [9.17, 15) is 14.9 Å². The molecule has 0 aromatic heterocycles. The zero-order chi connectivity index (χ0) is 14.9. The monoisotopic (exact) mass is 316 g/mol. The van der Waals surface area contributed by atoms with Crippen LogP contribution in [0.25, 0.3) is 0 Å². The lowest BCUT2D eigenvalue weighted by molar-refractivity contribution is -0.385. The molecule has 2 rings (SSSR count). The van der Waals surface area contributed by atoms with Crippen LogP contribution >= 0.6 is 12.4 Å². The van der Waals surface area contributed by atoms with Crippen LogP contribution in [0, 0.1) is 15.5 Å². The van der Waals surface area contributed by atoms with Crippen molar-refractivity contribution in [2.75, 3.05) is 13.7 Å². The van der Waals surface area contributed by atoms with Gasteiger partial charge in [0.05, 0.1) is 18.1 Å². The third kappa shape index (κ3) is 3.36. The second-order valence-corrected chi connectivity index (χ2v) is 5.33. The number of ether oxygens (including phenoxy) is 2. The molecule has 1 aromatic carbocycles. The van der Waals surface area contributed by atoms with Gasteiger partial charge >= 0.3 is 11.8 Å². The van der Waals surface area contributed by atoms with E-state index in [0.717, 1.165) is 0 Å². The number of alkyl carbamates (subject to hydrolysis) is 1. The highest BCUT2D eigenvalue weighted by Crippen LogP contribution is 2.39. The molecule has 0 radical (unpaired) electrons. The number of nitrogens with zero attached hydrogens (tertiary/aromatic N) is 1. The first kappa shape index (κ1) is 17.0. The third-order valence-electron chi connectivity index (χ3n) is 3.35. The summed E-state index contributed by atoms with van der Waals surface area (Å²) in [6, 6.07) is 4.32. The Morgan fingerprint density at radius 3 is 2.71 bits per heavy atom. The molecule has 1 heterocycles. The fourth-order valence-corrected chi connectivity index (χ4v) is 2.25. The number of carbonyl (C=O) groups excluding carboxylic acids is 1. The minimum Gasteiger partial charge on any atom is -0.490 e. The molecule has 21 heavy (non-hydrogen) atoms. The number of nitro benzene ring substituents is 1. The van der Waals surface area contributed by atoms with E-state index in [1.807, 2.05) is 13.8 Å². The molecule has 0 unspecified atom stereocenters. The predicted molar refractivity (Wildman–Crippen MR) is 77.9 cm³/mol. The summed E-state index contributed by atoms with van der Waals surface area (Å²) < 4.78 is 9.93. The summed E-state index contributed by atoms with van der Waals surface area (Å²) in [4.78, 5) is 21.9. The number of amides is 1. The summed E-state index contributed by atoms with van der Waals surface area (Å²) in [5, 5.41) is 13.8. The minimum atomic E-state index is -0.521. The Bertz CT molecular complexity index is 561. The number of methoxy groups -OCH3 is 1. The van der Waals surface area contributed by atoms with Gasteiger partial charge in [0.2, 0.25) is 0 Å². The van der Waals surface area contributed by atoms with Crippen LogP contribution in [0.4, 0.5) is 10.5 Å². The zero-order valence-electron chi connectivity index (χ0n) is 11.9. The number of rotatable bonds is 3. The molecule has 0 saturated carbocycles. The lowest BCUT2D eigenvalue weighted by Crippen LogP contribution is -2.46. The van der Waals surface area contributed by atoms with Crippen molar-refractivity contribution >= 4 is 24.2 Å². The standard InChI is InChI=1S/C13H16N2O5.ClH/c1-13(2)7-20-12(16)14-11(13)8-4-5-10(19-3)9(6-8)15(17)18;/h4-6,11H,7H2,1-3H3,(H,14,16);1H/t11-;/m1./s1. The van der Waals surface area contributed by atoms with Crippen molar-refractivity contribution in [3.63, 3.8) is 0 Å². The van der Waals surface area contributed by atoms with Crippen LogP contribution in [0.5, 0.6) is 5.75 Å². The number of cyclic esters (lactones) is 1. The van der Waals surface area contributed by atoms with Crippen LogP contribution in [0.15, 0.2) is 18.2 Å². The number of carbonyl (C=O) groups is 1. The van der Waals surface area contributed by atoms with Crippen molar-refractivity contribution < 1.29 is 19.2 Å². The smallest absolute Gasteiger partial charge is 0.407 e. The average molecular weight is 317 g/mol. The maximum atomic E-state index is 11.4. The molecular weight excluding hydrogens is 300 g/mol. The molecule has 1 N–H and O–H groups in total. The molecule has 1 aliphatic rings. The van der Waals surface area contributed by atoms with Gasteiger partial charge in [0.1, 0.15) is 6.61 Å². The molecular formula is C13H17ClN2O5. The number of nitro groups is 1. The number of nitrogens with one attached hydrogen (secondary N) is 1. The number of halogens is 1. The molecule has 116 valence electrons. The van der Waals surface area contributed by atoms with Crippen LogP contribution in [0.2, 0.25) is 0 Å². The van der Waals surface area contributed by atoms with Gasteiger partial charge in [-0.05, 0) is 11.6 Å². The number of hydrogen-bond acceptors (Lipinski definition) is 5. The quantitative estimate of drug-likeness (QED) is 0.684. The normalized spacial score (nSPS) is 19.8. The fourth-order valence-electron chi connectivity index (χ4n) is 2.25. The van der Waals surface area contributed by atoms with Crippen LogP contribution in [-0.4, -0.2) is 24.7 Å². The van der Waals surface area contributed by atoms with Gasteiger partial charge in [-0.3, -0.25) is 10.1 Å². The Morgan fingerprint density at radius 1 is 1.48 bits per heavy atom. The van der Waals surface area contributed by atoms with Gasteiger partial charge in [-0.15, -0.1) is 12.4 Å². The van der Waals surface area contributed by atoms with Crippen LogP contribution in [0.3, 0.4) is 0 Å². The third-order valence-corrected chi connectivity index (χ3v) is 3.35. The van der Waals surface area contributed by atoms with Crippen molar-refractivity contribution in [3.05, 3.63) is 33.9 Å². The van der Waals surface area contributed by atoms with Gasteiger partial charge in [-0.1, -0.05) is 19.9 Å². The molecule has 7 nitrogen and oxygen atoms in total. The van der Waals surface area contributed by atoms with E-state index >= 15 is 0 Å². The number of hydrogen-bond donors (Lipinski definition) is 1. The summed E-state index contributed by atoms with van der Waals surface area (Å²) in [6.45, 7) is 4.10. The molecule has 1 amide bonds. The molecule has 0 bridgehead atoms. The molecule has 1 saturated heterocycles. The molecule has 8 heteroatoms. The maximum absolute atomic E-state index is 11.4. The second-order valence-electron chi connectivity index (χ2n) is 5.33. The molecule has 1 aromatic rings. The Labute approximate surface area is 128 Å². The second kappa shape index (κ2) is 6.17. The average Bonchev–Trinajstić information content (AvgIpc) is 2.40. The fraction of sp³-hybridized carbons (Fsp3) is 0.462. The van der Waals surface area contributed by atoms with E-state index < -0.39 is 11.0 Å². The van der Waals surface area contributed by atoms with Crippen molar-refractivity contribution in [2.45, 2.75) is 19.9 Å². The first-order valence-electron chi connectivity index (χ1n) is 6.11. The Morgan fingerprint density at radius 2 is 2.14 bits per heavy atom. The Hall–Kier alpha value is -2.02. The van der Waals surface area contributed by atoms with Crippen LogP contribution in [-0.2, 0) is 4.74 Å². The van der Waals surface area contributed by atoms with Crippen LogP contribution < -0.4 is 10.1 Å². The summed E-state index contributed by atoms with van der Waals surface area (Å²) in [5.74, 6) is 0.190. The summed E-state index contributed by atoms with van der Waals surface area (Å²) >= 11 is 0. The SMILES string of the molecule is COc1ccc([C@H]2NC(=O)OCC2(C)C)cc1[N+](=O)[O-].Cl. The van der Waals surface area contributed by atoms with Gasteiger partial charge in [0, 0.05) is 11.5 Å². The summed E-state index contributed by atoms with van der Waals surface area (Å²) in [7, 11) is 1.38. The first-order valence-corrected chi connectivity index (χ1v) is 6.11. The molecule has 0 aliphatic carbocycles. The highest BCUT2D eigenvalue weighted by atomic mass is 35.5. The maximum Gasteiger partial charge on any atom is 0.407 e. The predicted octanol–water partition coefficient (Wildman–Crippen LogP) is 2.83. The molecule has 1 aliphatic heterocycles. The highest BCUT2D eigenvalue weighted by Gasteiger charge is 2.38. The van der Waals surface area contributed by atoms with E-state index in [-0.39, 0.29) is 41.9 Å². The highest BCUT2D eigenvalue weighted by molar-refractivity contribution is 5.85. The molecule has 1 fully saturated rings. The largest absolute Gasteiger partial charge is 0.490 e. The van der Waals surface area contributed by atoms with E-state index in [4.69, 9.17) is 9.47 Å². The van der Waals surface area contributed by atoms with Gasteiger partial charge in [-0.2, -0.15) is 0 Å². The van der Waals surface area contributed by atoms with Gasteiger partial charge in [0.15, 0.2) is 5.75 Å². The zero-order valence-corrected chi connectivity index (χ0v) is 12.7. The topological polar surface area (TPSA) is 90.7 Å². The summed E-state index contributed by atoms with van der Waals surface area (Å²) in [5.41, 5.74) is 0.164. The van der Waals surface area contributed by atoms with E-state index in [1.54, 1.807) is 6.07 Å². The Kier molecular flexibility index (Phi) is 5.01. The first-order chi connectivity index (χ1) is 9.35. The van der Waals surface area contributed by atoms with Crippen molar-refractivity contribution in [3.8, 4) is 5.75 Å². The summed E-state index contributed by atoms with van der Waals surface area (Å²) in [6.07, 6.45) is -0.521. The van der Waals surface area contributed by atoms with Gasteiger partial charge in [-0.25, -0.2) is 4.79 Å². The van der Waals surface area contributed by atoms with Crippen LogP contribution in [0.1, 0.15) is 25.5 Å². The van der Waals surface area contributed by atoms with Crippen molar-refractivity contribution in [1.82, 2.24) is 5.32 Å². The molecule has 0 spiro atoms. The van der Waals surface area contributed by atoms with Gasteiger partial charge in [0.25, 0.3) is 0 Å². The van der Waals surface area contributed by atoms with Crippen molar-refractivity contribution in [2.24, 2.45) is 5.41 Å². The minimum absolute atomic E-state index is 0. The van der Waals surface area contributed by atoms with E-state index in [0.29, 0.717) is 5.56 Å². The van der Waals surface area contributed by atoms with E-state index in [2.05, 4.69) is 5.32 Å². The van der Waals surface area contributed by atoms with Gasteiger partial charge < -0.3 is 14.8 Å². The number of benzene rings is 1. The van der Waals surface area contributed by atoms with E-state index in [1.165, 1.54) is 19.2 Å². The van der Waals surface area contributed by atoms with Crippen molar-refractivity contribution in [1.29, 1.82) is 0 Å².